The Morgan fingerprint density at radius 3 is 2.85 bits per heavy atom. The first kappa shape index (κ1) is 17.9. The molecule has 2 N–H and O–H groups in total. The lowest BCUT2D eigenvalue weighted by atomic mass is 10.1. The second kappa shape index (κ2) is 8.49. The zero-order valence-electron chi connectivity index (χ0n) is 14.7. The number of nitrogens with one attached hydrogen (secondary N) is 2. The first-order valence-electron chi connectivity index (χ1n) is 8.24. The highest BCUT2D eigenvalue weighted by molar-refractivity contribution is 6.31. The maximum Gasteiger partial charge on any atom is 0.249 e. The van der Waals surface area contributed by atoms with Gasteiger partial charge in [0, 0.05) is 17.3 Å². The maximum atomic E-state index is 6.14. The fourth-order valence-corrected chi connectivity index (χ4v) is 2.64. The number of ether oxygens (including phenoxy) is 1. The Hall–Kier alpha value is -2.86. The Morgan fingerprint density at radius 2 is 2.00 bits per heavy atom. The number of aromatic nitrogens is 3. The number of rotatable bonds is 7. The topological polar surface area (TPSA) is 72.0 Å². The van der Waals surface area contributed by atoms with Crippen molar-refractivity contribution in [1.29, 1.82) is 0 Å². The third-order valence-electron chi connectivity index (χ3n) is 3.93. The van der Waals surface area contributed by atoms with Gasteiger partial charge in [0.1, 0.15) is 5.75 Å². The van der Waals surface area contributed by atoms with Gasteiger partial charge in [0.15, 0.2) is 5.82 Å². The monoisotopic (exact) mass is 369 g/mol. The van der Waals surface area contributed by atoms with Crippen molar-refractivity contribution in [3.8, 4) is 5.75 Å². The average molecular weight is 370 g/mol. The van der Waals surface area contributed by atoms with Crippen LogP contribution in [0.5, 0.6) is 5.75 Å². The van der Waals surface area contributed by atoms with Gasteiger partial charge in [-0.05, 0) is 48.7 Å². The molecule has 134 valence electrons. The number of nitrogens with zero attached hydrogens (tertiary/aromatic N) is 3. The van der Waals surface area contributed by atoms with E-state index >= 15 is 0 Å². The molecule has 0 radical (unpaired) electrons. The smallest absolute Gasteiger partial charge is 0.249 e. The van der Waals surface area contributed by atoms with E-state index in [0.717, 1.165) is 30.0 Å². The average Bonchev–Trinajstić information content (AvgIpc) is 2.66. The van der Waals surface area contributed by atoms with E-state index in [1.165, 1.54) is 5.56 Å². The number of hydrogen-bond acceptors (Lipinski definition) is 6. The van der Waals surface area contributed by atoms with Crippen LogP contribution < -0.4 is 15.4 Å². The van der Waals surface area contributed by atoms with Crippen LogP contribution in [-0.2, 0) is 6.42 Å². The van der Waals surface area contributed by atoms with Crippen LogP contribution in [0.4, 0.5) is 17.5 Å². The molecule has 0 fully saturated rings. The molecule has 1 aromatic heterocycles. The van der Waals surface area contributed by atoms with Crippen LogP contribution in [0.25, 0.3) is 0 Å². The van der Waals surface area contributed by atoms with Crippen LogP contribution in [0.2, 0.25) is 5.02 Å². The van der Waals surface area contributed by atoms with Crippen LogP contribution in [0.1, 0.15) is 11.1 Å². The molecule has 0 saturated carbocycles. The molecular weight excluding hydrogens is 350 g/mol. The molecule has 0 aliphatic rings. The fraction of sp³-hybridized carbons (Fsp3) is 0.211. The van der Waals surface area contributed by atoms with Crippen LogP contribution in [0, 0.1) is 6.92 Å². The van der Waals surface area contributed by atoms with Crippen molar-refractivity contribution in [2.75, 3.05) is 24.3 Å². The standard InChI is InChI=1S/C19H20ClN5O/c1-13-16(20)7-4-8-17(13)23-19-24-18(12-22-25-19)21-10-9-14-5-3-6-15(11-14)26-2/h3-8,11-12H,9-10H2,1-2H3,(H2,21,23,24,25). The summed E-state index contributed by atoms with van der Waals surface area (Å²) >= 11 is 6.14. The Bertz CT molecular complexity index is 887. The Labute approximate surface area is 157 Å². The molecule has 3 rings (SSSR count). The molecule has 6 nitrogen and oxygen atoms in total. The van der Waals surface area contributed by atoms with E-state index in [0.29, 0.717) is 16.8 Å². The SMILES string of the molecule is COc1cccc(CCNc2cnnc(Nc3cccc(Cl)c3C)n2)c1. The highest BCUT2D eigenvalue weighted by Crippen LogP contribution is 2.24. The molecule has 1 heterocycles. The van der Waals surface area contributed by atoms with Crippen LogP contribution >= 0.6 is 11.6 Å². The first-order chi connectivity index (χ1) is 12.7. The van der Waals surface area contributed by atoms with Crippen LogP contribution in [0.15, 0.2) is 48.7 Å². The van der Waals surface area contributed by atoms with Gasteiger partial charge in [-0.2, -0.15) is 10.1 Å². The van der Waals surface area contributed by atoms with Gasteiger partial charge >= 0.3 is 0 Å². The Balaban J connectivity index is 1.61. The number of anilines is 3. The molecule has 0 amide bonds. The third kappa shape index (κ3) is 4.61. The highest BCUT2D eigenvalue weighted by atomic mass is 35.5. The second-order valence-corrected chi connectivity index (χ2v) is 6.14. The normalized spacial score (nSPS) is 10.4. The van der Waals surface area contributed by atoms with E-state index in [9.17, 15) is 0 Å². The van der Waals surface area contributed by atoms with E-state index < -0.39 is 0 Å². The number of methoxy groups -OCH3 is 1. The van der Waals surface area contributed by atoms with Gasteiger partial charge in [-0.1, -0.05) is 29.8 Å². The summed E-state index contributed by atoms with van der Waals surface area (Å²) in [5.41, 5.74) is 2.98. The summed E-state index contributed by atoms with van der Waals surface area (Å²) in [6.07, 6.45) is 2.44. The van der Waals surface area contributed by atoms with Gasteiger partial charge in [-0.25, -0.2) is 0 Å². The van der Waals surface area contributed by atoms with E-state index in [4.69, 9.17) is 16.3 Å². The molecule has 7 heteroatoms. The minimum atomic E-state index is 0.418. The van der Waals surface area contributed by atoms with Crippen molar-refractivity contribution in [2.24, 2.45) is 0 Å². The molecule has 0 aliphatic heterocycles. The summed E-state index contributed by atoms with van der Waals surface area (Å²) in [5.74, 6) is 1.93. The molecule has 3 aromatic rings. The zero-order valence-corrected chi connectivity index (χ0v) is 15.4. The molecule has 26 heavy (non-hydrogen) atoms. The first-order valence-corrected chi connectivity index (χ1v) is 8.62. The molecule has 0 bridgehead atoms. The van der Waals surface area contributed by atoms with E-state index in [1.807, 2.05) is 43.3 Å². The summed E-state index contributed by atoms with van der Waals surface area (Å²) in [7, 11) is 1.67. The molecule has 2 aromatic carbocycles. The summed E-state index contributed by atoms with van der Waals surface area (Å²) < 4.78 is 5.24. The van der Waals surface area contributed by atoms with Gasteiger partial charge in [-0.15, -0.1) is 5.10 Å². The molecule has 0 unspecified atom stereocenters. The Kier molecular flexibility index (Phi) is 5.86. The third-order valence-corrected chi connectivity index (χ3v) is 4.34. The van der Waals surface area contributed by atoms with Gasteiger partial charge < -0.3 is 15.4 Å². The van der Waals surface area contributed by atoms with Crippen molar-refractivity contribution >= 4 is 29.1 Å². The van der Waals surface area contributed by atoms with Gasteiger partial charge in [0.05, 0.1) is 13.3 Å². The predicted molar refractivity (Wildman–Crippen MR) is 104 cm³/mol. The molecule has 0 saturated heterocycles. The lowest BCUT2D eigenvalue weighted by Crippen LogP contribution is -2.09. The summed E-state index contributed by atoms with van der Waals surface area (Å²) in [6, 6.07) is 13.6. The van der Waals surface area contributed by atoms with E-state index in [1.54, 1.807) is 13.3 Å². The summed E-state index contributed by atoms with van der Waals surface area (Å²) in [4.78, 5) is 4.44. The quantitative estimate of drug-likeness (QED) is 0.649. The van der Waals surface area contributed by atoms with Crippen LogP contribution in [0.3, 0.4) is 0 Å². The molecule has 0 atom stereocenters. The van der Waals surface area contributed by atoms with Crippen molar-refractivity contribution < 1.29 is 4.74 Å². The van der Waals surface area contributed by atoms with Gasteiger partial charge in [-0.3, -0.25) is 0 Å². The maximum absolute atomic E-state index is 6.14. The predicted octanol–water partition coefficient (Wildman–Crippen LogP) is 4.24. The zero-order chi connectivity index (χ0) is 18.4. The number of halogens is 1. The lowest BCUT2D eigenvalue weighted by Gasteiger charge is -2.10. The molecular formula is C19H20ClN5O. The summed E-state index contributed by atoms with van der Waals surface area (Å²) in [6.45, 7) is 2.66. The van der Waals surface area contributed by atoms with E-state index in [2.05, 4.69) is 31.9 Å². The minimum Gasteiger partial charge on any atom is -0.497 e. The number of benzene rings is 2. The highest BCUT2D eigenvalue weighted by Gasteiger charge is 2.06. The Morgan fingerprint density at radius 1 is 1.15 bits per heavy atom. The fourth-order valence-electron chi connectivity index (χ4n) is 2.47. The van der Waals surface area contributed by atoms with E-state index in [-0.39, 0.29) is 0 Å². The largest absolute Gasteiger partial charge is 0.497 e. The van der Waals surface area contributed by atoms with Crippen molar-refractivity contribution in [3.05, 3.63) is 64.8 Å². The summed E-state index contributed by atoms with van der Waals surface area (Å²) in [5, 5.41) is 15.1. The minimum absolute atomic E-state index is 0.418. The van der Waals surface area contributed by atoms with Gasteiger partial charge in [0.25, 0.3) is 0 Å². The lowest BCUT2D eigenvalue weighted by molar-refractivity contribution is 0.414. The van der Waals surface area contributed by atoms with Crippen molar-refractivity contribution in [3.63, 3.8) is 0 Å². The van der Waals surface area contributed by atoms with Crippen LogP contribution in [-0.4, -0.2) is 28.8 Å². The second-order valence-electron chi connectivity index (χ2n) is 5.73. The van der Waals surface area contributed by atoms with Crippen molar-refractivity contribution in [1.82, 2.24) is 15.2 Å². The van der Waals surface area contributed by atoms with Crippen molar-refractivity contribution in [2.45, 2.75) is 13.3 Å². The molecule has 0 spiro atoms. The number of hydrogen-bond donors (Lipinski definition) is 2. The van der Waals surface area contributed by atoms with Gasteiger partial charge in [0.2, 0.25) is 5.95 Å². The molecule has 0 aliphatic carbocycles.